The molecule has 1 heterocycles. The number of Topliss-reactive ketones (excluding diaryl/α,β-unsaturated/α-hetero) is 2. The minimum absolute atomic E-state index is 0.0196. The van der Waals surface area contributed by atoms with E-state index < -0.39 is 0 Å². The largest absolute Gasteiger partial charge is 0.511 e. The number of carbonyl (C=O) groups excluding carboxylic acids is 2. The van der Waals surface area contributed by atoms with E-state index in [1.165, 1.54) is 0 Å². The highest BCUT2D eigenvalue weighted by molar-refractivity contribution is 6.23. The Morgan fingerprint density at radius 2 is 2.00 bits per heavy atom. The molecule has 0 amide bonds. The normalized spacial score (nSPS) is 22.5. The molecular formula is C18H22N2O4. The van der Waals surface area contributed by atoms with Crippen LogP contribution < -0.4 is 0 Å². The van der Waals surface area contributed by atoms with E-state index in [1.807, 2.05) is 13.8 Å². The van der Waals surface area contributed by atoms with Crippen LogP contribution >= 0.6 is 0 Å². The van der Waals surface area contributed by atoms with E-state index in [0.29, 0.717) is 55.5 Å². The molecule has 6 nitrogen and oxygen atoms in total. The Kier molecular flexibility index (Phi) is 4.15. The molecule has 0 bridgehead atoms. The second-order valence-electron chi connectivity index (χ2n) is 7.45. The van der Waals surface area contributed by atoms with Gasteiger partial charge in [-0.25, -0.2) is 0 Å². The van der Waals surface area contributed by atoms with Crippen LogP contribution in [0.1, 0.15) is 67.8 Å². The van der Waals surface area contributed by atoms with Crippen molar-refractivity contribution in [3.63, 3.8) is 0 Å². The van der Waals surface area contributed by atoms with Crippen molar-refractivity contribution in [2.45, 2.75) is 58.8 Å². The Morgan fingerprint density at radius 1 is 1.25 bits per heavy atom. The van der Waals surface area contributed by atoms with Crippen LogP contribution in [0.3, 0.4) is 0 Å². The Labute approximate surface area is 140 Å². The van der Waals surface area contributed by atoms with Crippen molar-refractivity contribution in [3.8, 4) is 0 Å². The van der Waals surface area contributed by atoms with Crippen LogP contribution in [0.15, 0.2) is 15.9 Å². The lowest BCUT2D eigenvalue weighted by atomic mass is 9.76. The highest BCUT2D eigenvalue weighted by Gasteiger charge is 2.36. The number of aryl methyl sites for hydroxylation is 1. The van der Waals surface area contributed by atoms with Gasteiger partial charge in [-0.05, 0) is 18.3 Å². The molecule has 2 N–H and O–H groups in total. The fraction of sp³-hybridized carbons (Fsp3) is 0.556. The third kappa shape index (κ3) is 3.05. The van der Waals surface area contributed by atoms with Gasteiger partial charge >= 0.3 is 0 Å². The highest BCUT2D eigenvalue weighted by atomic mass is 16.5. The van der Waals surface area contributed by atoms with Gasteiger partial charge in [-0.1, -0.05) is 19.0 Å². The first-order chi connectivity index (χ1) is 11.3. The number of carbonyl (C=O) groups is 2. The van der Waals surface area contributed by atoms with Crippen molar-refractivity contribution >= 4 is 17.3 Å². The Balaban J connectivity index is 1.79. The molecule has 0 aliphatic heterocycles. The van der Waals surface area contributed by atoms with Gasteiger partial charge in [-0.3, -0.25) is 9.59 Å². The van der Waals surface area contributed by atoms with Gasteiger partial charge in [-0.15, -0.1) is 0 Å². The molecule has 24 heavy (non-hydrogen) atoms. The molecule has 0 radical (unpaired) electrons. The molecule has 2 aliphatic rings. The summed E-state index contributed by atoms with van der Waals surface area (Å²) >= 11 is 0. The van der Waals surface area contributed by atoms with Crippen LogP contribution in [0.4, 0.5) is 0 Å². The molecule has 6 heteroatoms. The zero-order valence-electron chi connectivity index (χ0n) is 14.1. The standard InChI is InChI=1S/C18H22N2O4/c1-18(2)8-14(23)17-11(20-24-15(17)9-18)6-7-13(22)16-10(19)4-3-5-12(16)21/h19,22H,3-9H2,1-2H3/b16-13+,19-10?. The predicted octanol–water partition coefficient (Wildman–Crippen LogP) is 3.35. The van der Waals surface area contributed by atoms with Gasteiger partial charge in [0.25, 0.3) is 0 Å². The number of rotatable bonds is 3. The maximum Gasteiger partial charge on any atom is 0.168 e. The van der Waals surface area contributed by atoms with Crippen molar-refractivity contribution in [2.24, 2.45) is 5.41 Å². The lowest BCUT2D eigenvalue weighted by molar-refractivity contribution is -0.115. The van der Waals surface area contributed by atoms with E-state index in [2.05, 4.69) is 5.16 Å². The maximum absolute atomic E-state index is 12.4. The van der Waals surface area contributed by atoms with Gasteiger partial charge in [0.05, 0.1) is 16.8 Å². The number of aliphatic hydroxyl groups excluding tert-OH is 1. The van der Waals surface area contributed by atoms with Crippen molar-refractivity contribution in [3.05, 3.63) is 28.3 Å². The van der Waals surface area contributed by atoms with E-state index in [9.17, 15) is 14.7 Å². The van der Waals surface area contributed by atoms with Gasteiger partial charge < -0.3 is 15.0 Å². The molecule has 0 atom stereocenters. The van der Waals surface area contributed by atoms with E-state index >= 15 is 0 Å². The van der Waals surface area contributed by atoms with Crippen LogP contribution in [0.25, 0.3) is 0 Å². The quantitative estimate of drug-likeness (QED) is 0.653. The van der Waals surface area contributed by atoms with E-state index in [0.717, 1.165) is 0 Å². The monoisotopic (exact) mass is 330 g/mol. The van der Waals surface area contributed by atoms with E-state index in [1.54, 1.807) is 0 Å². The Hall–Kier alpha value is -2.24. The SMILES string of the molecule is CC1(C)CC(=O)c2c(CC/C(O)=C3/C(=N)CCCC3=O)noc2C1. The zero-order valence-corrected chi connectivity index (χ0v) is 14.1. The number of aliphatic hydroxyl groups is 1. The Bertz CT molecular complexity index is 737. The summed E-state index contributed by atoms with van der Waals surface area (Å²) < 4.78 is 5.34. The molecule has 128 valence electrons. The number of aromatic nitrogens is 1. The minimum Gasteiger partial charge on any atom is -0.511 e. The third-order valence-corrected chi connectivity index (χ3v) is 4.69. The van der Waals surface area contributed by atoms with Crippen LogP contribution in [-0.2, 0) is 17.6 Å². The number of hydrogen-bond donors (Lipinski definition) is 2. The molecule has 3 rings (SSSR count). The third-order valence-electron chi connectivity index (χ3n) is 4.69. The summed E-state index contributed by atoms with van der Waals surface area (Å²) in [5, 5.41) is 22.1. The van der Waals surface area contributed by atoms with Crippen LogP contribution in [0.5, 0.6) is 0 Å². The molecule has 1 aromatic rings. The number of allylic oxidation sites excluding steroid dienone is 2. The number of ketones is 2. The first kappa shape index (κ1) is 16.6. The summed E-state index contributed by atoms with van der Waals surface area (Å²) in [6, 6.07) is 0. The molecule has 0 unspecified atom stereocenters. The average Bonchev–Trinajstić information content (AvgIpc) is 2.86. The van der Waals surface area contributed by atoms with Gasteiger partial charge in [0.2, 0.25) is 0 Å². The van der Waals surface area contributed by atoms with Crippen LogP contribution in [0.2, 0.25) is 0 Å². The summed E-state index contributed by atoms with van der Waals surface area (Å²) in [5.74, 6) is 0.375. The molecule has 2 aliphatic carbocycles. The second-order valence-corrected chi connectivity index (χ2v) is 7.45. The van der Waals surface area contributed by atoms with Crippen molar-refractivity contribution in [2.75, 3.05) is 0 Å². The van der Waals surface area contributed by atoms with Gasteiger partial charge in [0.1, 0.15) is 11.5 Å². The molecular weight excluding hydrogens is 308 g/mol. The predicted molar refractivity (Wildman–Crippen MR) is 87.5 cm³/mol. The molecule has 0 saturated heterocycles. The average molecular weight is 330 g/mol. The summed E-state index contributed by atoms with van der Waals surface area (Å²) in [6.45, 7) is 4.04. The fourth-order valence-corrected chi connectivity index (χ4v) is 3.53. The highest BCUT2D eigenvalue weighted by Crippen LogP contribution is 2.36. The molecule has 1 aromatic heterocycles. The topological polar surface area (TPSA) is 104 Å². The molecule has 1 saturated carbocycles. The van der Waals surface area contributed by atoms with Crippen molar-refractivity contribution < 1.29 is 19.2 Å². The summed E-state index contributed by atoms with van der Waals surface area (Å²) in [7, 11) is 0. The van der Waals surface area contributed by atoms with Crippen molar-refractivity contribution in [1.82, 2.24) is 5.16 Å². The number of nitrogens with one attached hydrogen (secondary N) is 1. The number of hydrogen-bond acceptors (Lipinski definition) is 6. The summed E-state index contributed by atoms with van der Waals surface area (Å²) in [4.78, 5) is 24.3. The lowest BCUT2D eigenvalue weighted by Gasteiger charge is -2.26. The zero-order chi connectivity index (χ0) is 17.5. The first-order valence-electron chi connectivity index (χ1n) is 8.32. The second kappa shape index (κ2) is 6.00. The van der Waals surface area contributed by atoms with Crippen LogP contribution in [-0.4, -0.2) is 27.5 Å². The minimum atomic E-state index is -0.177. The maximum atomic E-state index is 12.4. The molecule has 0 aromatic carbocycles. The molecule has 0 spiro atoms. The van der Waals surface area contributed by atoms with Crippen molar-refractivity contribution in [1.29, 1.82) is 5.41 Å². The first-order valence-corrected chi connectivity index (χ1v) is 8.32. The molecule has 1 fully saturated rings. The Morgan fingerprint density at radius 3 is 2.71 bits per heavy atom. The van der Waals surface area contributed by atoms with E-state index in [4.69, 9.17) is 9.93 Å². The lowest BCUT2D eigenvalue weighted by Crippen LogP contribution is -2.26. The van der Waals surface area contributed by atoms with Gasteiger partial charge in [0.15, 0.2) is 11.6 Å². The summed E-state index contributed by atoms with van der Waals surface area (Å²) in [6.07, 6.45) is 3.16. The fourth-order valence-electron chi connectivity index (χ4n) is 3.53. The number of nitrogens with zero attached hydrogens (tertiary/aromatic N) is 1. The number of fused-ring (bicyclic) bond motifs is 1. The van der Waals surface area contributed by atoms with E-state index in [-0.39, 0.29) is 40.4 Å². The van der Waals surface area contributed by atoms with Crippen LogP contribution in [0, 0.1) is 10.8 Å². The van der Waals surface area contributed by atoms with Gasteiger partial charge in [0, 0.05) is 37.8 Å². The summed E-state index contributed by atoms with van der Waals surface area (Å²) in [5.41, 5.74) is 1.29. The van der Waals surface area contributed by atoms with Gasteiger partial charge in [-0.2, -0.15) is 0 Å². The smallest absolute Gasteiger partial charge is 0.168 e.